The number of ether oxygens (including phenoxy) is 1. The maximum Gasteiger partial charge on any atom is 0.414 e. The molecule has 1 N–H and O–H groups in total. The normalized spacial score (nSPS) is 18.3. The van der Waals surface area contributed by atoms with Crippen molar-refractivity contribution in [3.8, 4) is 11.1 Å². The zero-order valence-electron chi connectivity index (χ0n) is 16.5. The molecule has 1 fully saturated rings. The summed E-state index contributed by atoms with van der Waals surface area (Å²) in [5, 5.41) is 1.86. The van der Waals surface area contributed by atoms with Crippen LogP contribution in [-0.2, 0) is 9.53 Å². The van der Waals surface area contributed by atoms with Gasteiger partial charge in [-0.25, -0.2) is 14.2 Å². The van der Waals surface area contributed by atoms with Crippen molar-refractivity contribution in [2.75, 3.05) is 29.5 Å². The first-order valence-corrected chi connectivity index (χ1v) is 9.77. The Kier molecular flexibility index (Phi) is 5.60. The maximum absolute atomic E-state index is 14.8. The first-order chi connectivity index (χ1) is 14.5. The molecule has 0 aliphatic carbocycles. The van der Waals surface area contributed by atoms with Crippen molar-refractivity contribution >= 4 is 29.7 Å². The molecule has 2 aliphatic rings. The molecular weight excluding hydrogens is 389 g/mol. The van der Waals surface area contributed by atoms with Crippen LogP contribution in [0.1, 0.15) is 19.8 Å². The second-order valence-electron chi connectivity index (χ2n) is 7.24. The molecule has 0 radical (unpaired) electrons. The highest BCUT2D eigenvalue weighted by Crippen LogP contribution is 2.30. The van der Waals surface area contributed by atoms with Crippen molar-refractivity contribution in [3.63, 3.8) is 0 Å². The fourth-order valence-corrected chi connectivity index (χ4v) is 3.44. The van der Waals surface area contributed by atoms with E-state index >= 15 is 0 Å². The highest BCUT2D eigenvalue weighted by molar-refractivity contribution is 5.90. The van der Waals surface area contributed by atoms with Gasteiger partial charge in [-0.05, 0) is 43.7 Å². The summed E-state index contributed by atoms with van der Waals surface area (Å²) in [5.74, 6) is 0.312. The number of hydrogen-bond donors (Lipinski definition) is 1. The van der Waals surface area contributed by atoms with Crippen LogP contribution in [0.5, 0.6) is 0 Å². The van der Waals surface area contributed by atoms with E-state index in [1.54, 1.807) is 30.7 Å². The number of nitrogens with zero attached hydrogens (tertiary/aromatic N) is 4. The van der Waals surface area contributed by atoms with E-state index in [1.807, 2.05) is 11.1 Å². The van der Waals surface area contributed by atoms with Gasteiger partial charge in [0.1, 0.15) is 29.9 Å². The molecule has 156 valence electrons. The van der Waals surface area contributed by atoms with Crippen LogP contribution in [0, 0.1) is 5.82 Å². The lowest BCUT2D eigenvalue weighted by molar-refractivity contribution is -0.117. The predicted molar refractivity (Wildman–Crippen MR) is 111 cm³/mol. The summed E-state index contributed by atoms with van der Waals surface area (Å²) in [5.41, 5.74) is 4.46. The molecule has 3 heterocycles. The number of hydrazine groups is 1. The van der Waals surface area contributed by atoms with Crippen LogP contribution < -0.4 is 15.3 Å². The number of halogens is 1. The van der Waals surface area contributed by atoms with Crippen LogP contribution in [0.2, 0.25) is 0 Å². The lowest BCUT2D eigenvalue weighted by Crippen LogP contribution is -2.42. The molecule has 1 aromatic carbocycles. The number of hydrogen-bond acceptors (Lipinski definition) is 7. The Morgan fingerprint density at radius 2 is 2.20 bits per heavy atom. The lowest BCUT2D eigenvalue weighted by Gasteiger charge is -2.25. The van der Waals surface area contributed by atoms with E-state index in [4.69, 9.17) is 4.74 Å². The van der Waals surface area contributed by atoms with E-state index in [1.165, 1.54) is 17.9 Å². The summed E-state index contributed by atoms with van der Waals surface area (Å²) in [6, 6.07) is 8.25. The van der Waals surface area contributed by atoms with Crippen LogP contribution in [0.15, 0.2) is 41.5 Å². The Hall–Kier alpha value is -3.49. The molecule has 1 amide bonds. The summed E-state index contributed by atoms with van der Waals surface area (Å²) in [7, 11) is 0. The van der Waals surface area contributed by atoms with Crippen LogP contribution >= 0.6 is 0 Å². The fourth-order valence-electron chi connectivity index (χ4n) is 3.44. The van der Waals surface area contributed by atoms with Crippen LogP contribution in [0.3, 0.4) is 0 Å². The third-order valence-electron chi connectivity index (χ3n) is 5.05. The number of anilines is 2. The molecule has 30 heavy (non-hydrogen) atoms. The minimum absolute atomic E-state index is 0.0451. The molecule has 1 atom stereocenters. The minimum Gasteiger partial charge on any atom is -0.444 e. The third-order valence-corrected chi connectivity index (χ3v) is 5.05. The Labute approximate surface area is 173 Å². The number of amides is 1. The molecule has 2 aliphatic heterocycles. The molecule has 9 heteroatoms. The van der Waals surface area contributed by atoms with E-state index in [9.17, 15) is 14.0 Å². The zero-order valence-corrected chi connectivity index (χ0v) is 16.5. The van der Waals surface area contributed by atoms with E-state index in [-0.39, 0.29) is 11.9 Å². The largest absolute Gasteiger partial charge is 0.444 e. The van der Waals surface area contributed by atoms with Gasteiger partial charge in [-0.15, -0.1) is 0 Å². The summed E-state index contributed by atoms with van der Waals surface area (Å²) in [6.07, 6.45) is 3.15. The predicted octanol–water partition coefficient (Wildman–Crippen LogP) is 2.94. The van der Waals surface area contributed by atoms with E-state index in [0.29, 0.717) is 49.3 Å². The topological polar surface area (TPSA) is 87.1 Å². The number of carbonyl (C=O) groups excluding carboxylic acids is 2. The molecule has 8 nitrogen and oxygen atoms in total. The second kappa shape index (κ2) is 8.48. The number of cyclic esters (lactones) is 1. The van der Waals surface area contributed by atoms with E-state index in [0.717, 1.165) is 5.82 Å². The highest BCUT2D eigenvalue weighted by Gasteiger charge is 2.32. The van der Waals surface area contributed by atoms with Gasteiger partial charge in [-0.3, -0.25) is 20.3 Å². The summed E-state index contributed by atoms with van der Waals surface area (Å²) < 4.78 is 20.1. The molecule has 0 saturated carbocycles. The van der Waals surface area contributed by atoms with Crippen molar-refractivity contribution in [2.24, 2.45) is 4.99 Å². The molecule has 0 spiro atoms. The summed E-state index contributed by atoms with van der Waals surface area (Å²) >= 11 is 0. The second-order valence-corrected chi connectivity index (χ2v) is 7.24. The molecule has 1 aromatic heterocycles. The monoisotopic (exact) mass is 411 g/mol. The standard InChI is InChI=1S/C21H22FN5O3/c1-14(28)2-5-17-12-26(21(29)30-17)16-4-6-18(19(22)10-16)15-3-7-20(24-11-15)27-9-8-23-13-25-27/h3-4,6-7,10-11,13,17H,2,5,8-9,12H2,1H3,(H,23,25)/t17-/m0/s1. The van der Waals surface area contributed by atoms with Crippen molar-refractivity contribution < 1.29 is 18.7 Å². The van der Waals surface area contributed by atoms with Gasteiger partial charge in [0, 0.05) is 23.7 Å². The number of carbonyl (C=O) groups is 2. The molecule has 0 bridgehead atoms. The van der Waals surface area contributed by atoms with Crippen LogP contribution in [0.25, 0.3) is 11.1 Å². The molecular formula is C21H22FN5O3. The molecule has 2 aromatic rings. The number of Topliss-reactive ketones (excluding diaryl/α,β-unsaturated/α-hetero) is 1. The van der Waals surface area contributed by atoms with Gasteiger partial charge in [0.15, 0.2) is 0 Å². The van der Waals surface area contributed by atoms with Gasteiger partial charge in [0.25, 0.3) is 0 Å². The van der Waals surface area contributed by atoms with Gasteiger partial charge < -0.3 is 9.53 Å². The number of rotatable bonds is 6. The van der Waals surface area contributed by atoms with Crippen LogP contribution in [0.4, 0.5) is 20.7 Å². The average Bonchev–Trinajstić information content (AvgIpc) is 3.13. The zero-order chi connectivity index (χ0) is 21.1. The smallest absolute Gasteiger partial charge is 0.414 e. The number of aliphatic imine (C=N–C) groups is 1. The van der Waals surface area contributed by atoms with E-state index < -0.39 is 11.9 Å². The lowest BCUT2D eigenvalue weighted by atomic mass is 10.1. The SMILES string of the molecule is CC(=O)CC[C@H]1CN(c2ccc(-c3ccc(N4CCN=CN4)nc3)c(F)c2)C(=O)O1. The van der Waals surface area contributed by atoms with Crippen LogP contribution in [-0.4, -0.2) is 48.9 Å². The van der Waals surface area contributed by atoms with E-state index in [2.05, 4.69) is 15.4 Å². The van der Waals surface area contributed by atoms with Gasteiger partial charge in [0.2, 0.25) is 0 Å². The maximum atomic E-state index is 14.8. The Morgan fingerprint density at radius 1 is 1.33 bits per heavy atom. The summed E-state index contributed by atoms with van der Waals surface area (Å²) in [6.45, 7) is 3.18. The third kappa shape index (κ3) is 4.24. The van der Waals surface area contributed by atoms with Crippen molar-refractivity contribution in [1.29, 1.82) is 0 Å². The van der Waals surface area contributed by atoms with Crippen molar-refractivity contribution in [1.82, 2.24) is 10.4 Å². The molecule has 4 rings (SSSR count). The Balaban J connectivity index is 1.47. The minimum atomic E-state index is -0.528. The van der Waals surface area contributed by atoms with Crippen molar-refractivity contribution in [3.05, 3.63) is 42.3 Å². The van der Waals surface area contributed by atoms with Gasteiger partial charge in [0.05, 0.1) is 25.3 Å². The van der Waals surface area contributed by atoms with Crippen molar-refractivity contribution in [2.45, 2.75) is 25.9 Å². The van der Waals surface area contributed by atoms with Gasteiger partial charge in [-0.1, -0.05) is 0 Å². The first-order valence-electron chi connectivity index (χ1n) is 9.77. The Morgan fingerprint density at radius 3 is 2.87 bits per heavy atom. The molecule has 0 unspecified atom stereocenters. The average molecular weight is 411 g/mol. The number of nitrogens with one attached hydrogen (secondary N) is 1. The quantitative estimate of drug-likeness (QED) is 0.787. The number of benzene rings is 1. The number of aromatic nitrogens is 1. The van der Waals surface area contributed by atoms with Gasteiger partial charge >= 0.3 is 6.09 Å². The molecule has 1 saturated heterocycles. The first kappa shape index (κ1) is 19.8. The summed E-state index contributed by atoms with van der Waals surface area (Å²) in [4.78, 5) is 33.2. The number of pyridine rings is 1. The fraction of sp³-hybridized carbons (Fsp3) is 0.333. The Bertz CT molecular complexity index is 979. The van der Waals surface area contributed by atoms with Gasteiger partial charge in [-0.2, -0.15) is 0 Å². The highest BCUT2D eigenvalue weighted by atomic mass is 19.1. The number of ketones is 1.